The van der Waals surface area contributed by atoms with Crippen LogP contribution in [0.1, 0.15) is 25.8 Å². The number of hydrogen-bond donors (Lipinski definition) is 0. The molecular formula is C20H30F2N2O. The quantitative estimate of drug-likeness (QED) is 0.782. The molecule has 2 heterocycles. The highest BCUT2D eigenvalue weighted by atomic mass is 19.1. The first kappa shape index (κ1) is 18.7. The molecule has 0 radical (unpaired) electrons. The molecule has 3 rings (SSSR count). The molecule has 1 atom stereocenters. The molecule has 0 spiro atoms. The van der Waals surface area contributed by atoms with Crippen LogP contribution in [0.25, 0.3) is 0 Å². The number of benzene rings is 1. The van der Waals surface area contributed by atoms with Crippen LogP contribution in [0.2, 0.25) is 0 Å². The molecule has 140 valence electrons. The highest BCUT2D eigenvalue weighted by Gasteiger charge is 2.30. The lowest BCUT2D eigenvalue weighted by atomic mass is 9.91. The van der Waals surface area contributed by atoms with Gasteiger partial charge in [-0.15, -0.1) is 0 Å². The molecule has 0 bridgehead atoms. The zero-order valence-electron chi connectivity index (χ0n) is 15.4. The van der Waals surface area contributed by atoms with Gasteiger partial charge < -0.3 is 9.64 Å². The molecule has 0 aliphatic carbocycles. The third-order valence-corrected chi connectivity index (χ3v) is 5.22. The van der Waals surface area contributed by atoms with E-state index in [0.717, 1.165) is 77.0 Å². The minimum absolute atomic E-state index is 0.233. The monoisotopic (exact) mass is 352 g/mol. The Morgan fingerprint density at radius 1 is 1.00 bits per heavy atom. The summed E-state index contributed by atoms with van der Waals surface area (Å²) in [4.78, 5) is 5.01. The van der Waals surface area contributed by atoms with Crippen molar-refractivity contribution in [2.24, 2.45) is 11.3 Å². The van der Waals surface area contributed by atoms with Gasteiger partial charge in [-0.2, -0.15) is 0 Å². The molecule has 2 aliphatic rings. The third-order valence-electron chi connectivity index (χ3n) is 5.22. The summed E-state index contributed by atoms with van der Waals surface area (Å²) in [5, 5.41) is 0. The molecule has 25 heavy (non-hydrogen) atoms. The summed E-state index contributed by atoms with van der Waals surface area (Å²) < 4.78 is 32.1. The summed E-state index contributed by atoms with van der Waals surface area (Å²) in [5.74, 6) is -0.464. The predicted octanol–water partition coefficient (Wildman–Crippen LogP) is 3.19. The van der Waals surface area contributed by atoms with Crippen LogP contribution in [-0.2, 0) is 11.2 Å². The van der Waals surface area contributed by atoms with Crippen LogP contribution in [0.5, 0.6) is 0 Å². The maximum absolute atomic E-state index is 13.4. The molecule has 5 heteroatoms. The second kappa shape index (κ2) is 8.11. The zero-order chi connectivity index (χ0) is 17.9. The lowest BCUT2D eigenvalue weighted by molar-refractivity contribution is 0.0162. The van der Waals surface area contributed by atoms with Crippen LogP contribution in [0.4, 0.5) is 8.78 Å². The maximum atomic E-state index is 13.4. The second-order valence-electron chi connectivity index (χ2n) is 8.42. The number of morpholine rings is 1. The van der Waals surface area contributed by atoms with Gasteiger partial charge in [0.15, 0.2) is 0 Å². The van der Waals surface area contributed by atoms with Crippen molar-refractivity contribution in [3.8, 4) is 0 Å². The Balaban J connectivity index is 1.48. The molecule has 1 unspecified atom stereocenters. The first-order chi connectivity index (χ1) is 11.9. The molecule has 0 aromatic heterocycles. The van der Waals surface area contributed by atoms with Crippen molar-refractivity contribution < 1.29 is 13.5 Å². The average Bonchev–Trinajstić information content (AvgIpc) is 2.92. The highest BCUT2D eigenvalue weighted by molar-refractivity contribution is 5.18. The van der Waals surface area contributed by atoms with Gasteiger partial charge in [-0.3, -0.25) is 4.90 Å². The van der Waals surface area contributed by atoms with Crippen LogP contribution < -0.4 is 0 Å². The van der Waals surface area contributed by atoms with Crippen LogP contribution in [0.15, 0.2) is 18.2 Å². The van der Waals surface area contributed by atoms with Gasteiger partial charge in [0.2, 0.25) is 0 Å². The summed E-state index contributed by atoms with van der Waals surface area (Å²) in [6.07, 6.45) is 1.86. The SMILES string of the molecule is CC(C)(CN1CCOCC1)CN1CCC(Cc2cc(F)cc(F)c2)C1. The van der Waals surface area contributed by atoms with Crippen molar-refractivity contribution in [3.05, 3.63) is 35.4 Å². The van der Waals surface area contributed by atoms with Crippen LogP contribution in [0, 0.1) is 23.0 Å². The van der Waals surface area contributed by atoms with Gasteiger partial charge in [-0.25, -0.2) is 8.78 Å². The fourth-order valence-electron chi connectivity index (χ4n) is 4.31. The van der Waals surface area contributed by atoms with Gasteiger partial charge in [-0.1, -0.05) is 13.8 Å². The number of rotatable bonds is 6. The smallest absolute Gasteiger partial charge is 0.126 e. The number of ether oxygens (including phenoxy) is 1. The number of likely N-dealkylation sites (tertiary alicyclic amines) is 1. The summed E-state index contributed by atoms with van der Waals surface area (Å²) in [6.45, 7) is 12.6. The van der Waals surface area contributed by atoms with E-state index in [4.69, 9.17) is 4.74 Å². The van der Waals surface area contributed by atoms with Crippen molar-refractivity contribution >= 4 is 0 Å². The van der Waals surface area contributed by atoms with Crippen LogP contribution in [0.3, 0.4) is 0 Å². The van der Waals surface area contributed by atoms with E-state index in [1.165, 1.54) is 12.1 Å². The van der Waals surface area contributed by atoms with Gasteiger partial charge in [0.05, 0.1) is 13.2 Å². The largest absolute Gasteiger partial charge is 0.379 e. The normalized spacial score (nSPS) is 23.3. The number of halogens is 2. The molecule has 0 amide bonds. The maximum Gasteiger partial charge on any atom is 0.126 e. The van der Waals surface area contributed by atoms with E-state index in [1.54, 1.807) is 0 Å². The van der Waals surface area contributed by atoms with Gasteiger partial charge >= 0.3 is 0 Å². The standard InChI is InChI=1S/C20H30F2N2O/c1-20(2,14-23-5-7-25-8-6-23)15-24-4-3-16(13-24)9-17-10-18(21)12-19(22)11-17/h10-12,16H,3-9,13-15H2,1-2H3. The summed E-state index contributed by atoms with van der Waals surface area (Å²) >= 11 is 0. The fraction of sp³-hybridized carbons (Fsp3) is 0.700. The van der Waals surface area contributed by atoms with E-state index < -0.39 is 11.6 Å². The van der Waals surface area contributed by atoms with Crippen molar-refractivity contribution in [2.75, 3.05) is 52.5 Å². The molecule has 0 saturated carbocycles. The molecule has 2 fully saturated rings. The second-order valence-corrected chi connectivity index (χ2v) is 8.42. The predicted molar refractivity (Wildman–Crippen MR) is 95.6 cm³/mol. The van der Waals surface area contributed by atoms with E-state index in [-0.39, 0.29) is 5.41 Å². The van der Waals surface area contributed by atoms with Gasteiger partial charge in [0.1, 0.15) is 11.6 Å². The molecule has 2 saturated heterocycles. The molecule has 0 N–H and O–H groups in total. The van der Waals surface area contributed by atoms with Gasteiger partial charge in [0.25, 0.3) is 0 Å². The van der Waals surface area contributed by atoms with Crippen LogP contribution >= 0.6 is 0 Å². The zero-order valence-corrected chi connectivity index (χ0v) is 15.4. The minimum Gasteiger partial charge on any atom is -0.379 e. The third kappa shape index (κ3) is 5.73. The van der Waals surface area contributed by atoms with E-state index in [1.807, 2.05) is 0 Å². The van der Waals surface area contributed by atoms with E-state index in [9.17, 15) is 8.78 Å². The molecule has 1 aromatic carbocycles. The van der Waals surface area contributed by atoms with E-state index in [2.05, 4.69) is 23.6 Å². The van der Waals surface area contributed by atoms with Crippen molar-refractivity contribution in [2.45, 2.75) is 26.7 Å². The van der Waals surface area contributed by atoms with Crippen LogP contribution in [-0.4, -0.2) is 62.3 Å². The Hall–Kier alpha value is -1.04. The molecule has 2 aliphatic heterocycles. The Bertz CT molecular complexity index is 553. The number of hydrogen-bond acceptors (Lipinski definition) is 3. The topological polar surface area (TPSA) is 15.7 Å². The molecule has 1 aromatic rings. The Morgan fingerprint density at radius 3 is 2.32 bits per heavy atom. The lowest BCUT2D eigenvalue weighted by Crippen LogP contribution is -2.45. The first-order valence-electron chi connectivity index (χ1n) is 9.37. The summed E-state index contributed by atoms with van der Waals surface area (Å²) in [7, 11) is 0. The minimum atomic E-state index is -0.475. The molecular weight excluding hydrogens is 322 g/mol. The average molecular weight is 352 g/mol. The van der Waals surface area contributed by atoms with Gasteiger partial charge in [-0.05, 0) is 48.4 Å². The summed E-state index contributed by atoms with van der Waals surface area (Å²) in [5.41, 5.74) is 1.01. The lowest BCUT2D eigenvalue weighted by Gasteiger charge is -2.37. The van der Waals surface area contributed by atoms with Gasteiger partial charge in [0, 0.05) is 38.8 Å². The van der Waals surface area contributed by atoms with Crippen molar-refractivity contribution in [3.63, 3.8) is 0 Å². The number of nitrogens with zero attached hydrogens (tertiary/aromatic N) is 2. The Kier molecular flexibility index (Phi) is 6.08. The van der Waals surface area contributed by atoms with Crippen molar-refractivity contribution in [1.82, 2.24) is 9.80 Å². The molecule has 3 nitrogen and oxygen atoms in total. The fourth-order valence-corrected chi connectivity index (χ4v) is 4.31. The van der Waals surface area contributed by atoms with E-state index >= 15 is 0 Å². The highest BCUT2D eigenvalue weighted by Crippen LogP contribution is 2.26. The van der Waals surface area contributed by atoms with Crippen molar-refractivity contribution in [1.29, 1.82) is 0 Å². The first-order valence-corrected chi connectivity index (χ1v) is 9.37. The van der Waals surface area contributed by atoms with E-state index in [0.29, 0.717) is 5.92 Å². The summed E-state index contributed by atoms with van der Waals surface area (Å²) in [6, 6.07) is 3.88. The Labute approximate surface area is 149 Å². The Morgan fingerprint density at radius 2 is 1.64 bits per heavy atom.